The number of fused-ring (bicyclic) bond motifs is 1. The molecular weight excluding hydrogens is 448 g/mol. The molecule has 3 aromatic heterocycles. The first kappa shape index (κ1) is 23.2. The number of H-pyrrole nitrogens is 1. The summed E-state index contributed by atoms with van der Waals surface area (Å²) in [6.45, 7) is 7.64. The van der Waals surface area contributed by atoms with E-state index in [1.807, 2.05) is 25.5 Å². The number of benzene rings is 1. The van der Waals surface area contributed by atoms with E-state index < -0.39 is 0 Å². The molecule has 6 rings (SSSR count). The quantitative estimate of drug-likeness (QED) is 0.424. The first-order chi connectivity index (χ1) is 17.5. The van der Waals surface area contributed by atoms with E-state index in [9.17, 15) is 0 Å². The Morgan fingerprint density at radius 1 is 1.06 bits per heavy atom. The summed E-state index contributed by atoms with van der Waals surface area (Å²) in [5.74, 6) is 0. The lowest BCUT2D eigenvalue weighted by molar-refractivity contribution is 0.212. The molecule has 2 aliphatic rings. The number of piperidine rings is 1. The third-order valence-corrected chi connectivity index (χ3v) is 8.00. The molecule has 0 saturated carbocycles. The largest absolute Gasteiger partial charge is 0.369 e. The van der Waals surface area contributed by atoms with Gasteiger partial charge in [-0.05, 0) is 83.4 Å². The molecule has 0 bridgehead atoms. The van der Waals surface area contributed by atoms with Crippen molar-refractivity contribution in [2.45, 2.75) is 57.7 Å². The summed E-state index contributed by atoms with van der Waals surface area (Å²) in [5, 5.41) is 4.72. The minimum Gasteiger partial charge on any atom is -0.369 e. The van der Waals surface area contributed by atoms with Gasteiger partial charge >= 0.3 is 0 Å². The Morgan fingerprint density at radius 2 is 1.89 bits per heavy atom. The number of hydrogen-bond donors (Lipinski definition) is 2. The van der Waals surface area contributed by atoms with Crippen LogP contribution in [0, 0.1) is 0 Å². The van der Waals surface area contributed by atoms with Crippen molar-refractivity contribution in [2.24, 2.45) is 5.73 Å². The smallest absolute Gasteiger partial charge is 0.156 e. The van der Waals surface area contributed by atoms with Crippen molar-refractivity contribution in [3.05, 3.63) is 48.5 Å². The zero-order valence-corrected chi connectivity index (χ0v) is 21.5. The molecule has 0 amide bonds. The van der Waals surface area contributed by atoms with Crippen LogP contribution in [0.25, 0.3) is 33.5 Å². The normalized spacial score (nSPS) is 20.4. The molecule has 36 heavy (non-hydrogen) atoms. The number of nitrogens with two attached hydrogens (primary N) is 1. The predicted molar refractivity (Wildman–Crippen MR) is 145 cm³/mol. The number of aromatic nitrogens is 5. The van der Waals surface area contributed by atoms with Gasteiger partial charge in [0.15, 0.2) is 5.65 Å². The maximum atomic E-state index is 6.34. The van der Waals surface area contributed by atoms with E-state index in [1.54, 1.807) is 0 Å². The molecule has 8 heteroatoms. The fourth-order valence-corrected chi connectivity index (χ4v) is 5.71. The maximum absolute atomic E-state index is 6.34. The van der Waals surface area contributed by atoms with Gasteiger partial charge in [-0.2, -0.15) is 5.10 Å². The highest BCUT2D eigenvalue weighted by molar-refractivity contribution is 5.91. The summed E-state index contributed by atoms with van der Waals surface area (Å²) in [6.07, 6.45) is 12.7. The lowest BCUT2D eigenvalue weighted by atomic mass is 10.0. The molecule has 3 N–H and O–H groups in total. The zero-order valence-electron chi connectivity index (χ0n) is 21.5. The summed E-state index contributed by atoms with van der Waals surface area (Å²) in [5.41, 5.74) is 14.4. The van der Waals surface area contributed by atoms with Gasteiger partial charge in [-0.1, -0.05) is 0 Å². The summed E-state index contributed by atoms with van der Waals surface area (Å²) >= 11 is 0. The molecule has 2 saturated heterocycles. The second-order valence-electron chi connectivity index (χ2n) is 10.7. The lowest BCUT2D eigenvalue weighted by Crippen LogP contribution is -2.31. The third kappa shape index (κ3) is 4.29. The number of hydrogen-bond acceptors (Lipinski definition) is 6. The summed E-state index contributed by atoms with van der Waals surface area (Å²) in [7, 11) is 2.19. The number of anilines is 1. The van der Waals surface area contributed by atoms with Gasteiger partial charge in [-0.15, -0.1) is 0 Å². The Balaban J connectivity index is 1.36. The summed E-state index contributed by atoms with van der Waals surface area (Å²) < 4.78 is 2.13. The van der Waals surface area contributed by atoms with E-state index in [2.05, 4.69) is 57.8 Å². The highest BCUT2D eigenvalue weighted by atomic mass is 15.3. The van der Waals surface area contributed by atoms with Crippen molar-refractivity contribution in [3.63, 3.8) is 0 Å². The van der Waals surface area contributed by atoms with E-state index in [4.69, 9.17) is 20.8 Å². The van der Waals surface area contributed by atoms with Crippen LogP contribution in [-0.2, 0) is 0 Å². The van der Waals surface area contributed by atoms with E-state index in [1.165, 1.54) is 18.5 Å². The van der Waals surface area contributed by atoms with Crippen molar-refractivity contribution < 1.29 is 0 Å². The summed E-state index contributed by atoms with van der Waals surface area (Å²) in [6, 6.07) is 7.58. The molecule has 2 fully saturated rings. The van der Waals surface area contributed by atoms with Crippen LogP contribution in [-0.4, -0.2) is 62.4 Å². The average Bonchev–Trinajstić information content (AvgIpc) is 3.63. The van der Waals surface area contributed by atoms with Gasteiger partial charge in [0.25, 0.3) is 0 Å². The maximum Gasteiger partial charge on any atom is 0.156 e. The van der Waals surface area contributed by atoms with Gasteiger partial charge in [-0.25, -0.2) is 9.97 Å². The highest BCUT2D eigenvalue weighted by Crippen LogP contribution is 2.34. The van der Waals surface area contributed by atoms with Gasteiger partial charge in [0, 0.05) is 53.4 Å². The molecule has 2 aliphatic heterocycles. The zero-order chi connectivity index (χ0) is 24.8. The van der Waals surface area contributed by atoms with Crippen LogP contribution in [0.4, 0.5) is 5.69 Å². The molecule has 0 aliphatic carbocycles. The topological polar surface area (TPSA) is 91.9 Å². The first-order valence-corrected chi connectivity index (χ1v) is 13.2. The molecule has 4 aromatic rings. The Labute approximate surface area is 212 Å². The predicted octanol–water partition coefficient (Wildman–Crippen LogP) is 4.76. The number of likely N-dealkylation sites (tertiary alicyclic amines) is 1. The van der Waals surface area contributed by atoms with Crippen molar-refractivity contribution in [3.8, 4) is 22.4 Å². The standard InChI is InChI=1S/C28H36N8/c1-18-5-4-8-35(18)24-12-20(19(2)29)11-21(13-24)26-16-31-28-27(33-26)25(15-30-28)22-14-32-36(17-22)23-6-9-34(3)10-7-23/h11-19,23H,4-10,29H2,1-3H3,(H,30,31)/t18-,19?/m1/s1. The van der Waals surface area contributed by atoms with E-state index in [-0.39, 0.29) is 6.04 Å². The Hall–Kier alpha value is -3.23. The molecule has 0 radical (unpaired) electrons. The molecule has 188 valence electrons. The molecule has 1 aromatic carbocycles. The van der Waals surface area contributed by atoms with Crippen molar-refractivity contribution >= 4 is 16.9 Å². The fraction of sp³-hybridized carbons (Fsp3) is 0.464. The molecule has 1 unspecified atom stereocenters. The van der Waals surface area contributed by atoms with Gasteiger partial charge in [-0.3, -0.25) is 4.68 Å². The monoisotopic (exact) mass is 484 g/mol. The number of aromatic amines is 1. The van der Waals surface area contributed by atoms with Crippen molar-refractivity contribution in [2.75, 3.05) is 31.6 Å². The Bertz CT molecular complexity index is 1360. The first-order valence-electron chi connectivity index (χ1n) is 13.2. The minimum absolute atomic E-state index is 0.0495. The SMILES string of the molecule is CC(N)c1cc(-c2cnc3[nH]cc(-c4cnn(C5CCN(C)CC5)c4)c3n2)cc(N2CCC[C@H]2C)c1. The van der Waals surface area contributed by atoms with Crippen LogP contribution in [0.3, 0.4) is 0 Å². The van der Waals surface area contributed by atoms with E-state index >= 15 is 0 Å². The van der Waals surface area contributed by atoms with Crippen molar-refractivity contribution in [1.29, 1.82) is 0 Å². The fourth-order valence-electron chi connectivity index (χ4n) is 5.71. The van der Waals surface area contributed by atoms with Crippen molar-refractivity contribution in [1.82, 2.24) is 29.6 Å². The number of rotatable bonds is 5. The second-order valence-corrected chi connectivity index (χ2v) is 10.7. The van der Waals surface area contributed by atoms with Gasteiger partial charge in [0.1, 0.15) is 5.52 Å². The molecule has 5 heterocycles. The highest BCUT2D eigenvalue weighted by Gasteiger charge is 2.23. The van der Waals surface area contributed by atoms with Gasteiger partial charge < -0.3 is 20.5 Å². The molecule has 0 spiro atoms. The van der Waals surface area contributed by atoms with E-state index in [0.717, 1.165) is 71.6 Å². The molecular formula is C28H36N8. The van der Waals surface area contributed by atoms with Gasteiger partial charge in [0.2, 0.25) is 0 Å². The van der Waals surface area contributed by atoms with Crippen LogP contribution in [0.2, 0.25) is 0 Å². The minimum atomic E-state index is -0.0495. The van der Waals surface area contributed by atoms with Crippen LogP contribution in [0.5, 0.6) is 0 Å². The van der Waals surface area contributed by atoms with Crippen LogP contribution < -0.4 is 10.6 Å². The Morgan fingerprint density at radius 3 is 2.64 bits per heavy atom. The third-order valence-electron chi connectivity index (χ3n) is 8.00. The average molecular weight is 485 g/mol. The van der Waals surface area contributed by atoms with Crippen LogP contribution in [0.1, 0.15) is 57.2 Å². The number of nitrogens with one attached hydrogen (secondary N) is 1. The van der Waals surface area contributed by atoms with Crippen LogP contribution >= 0.6 is 0 Å². The molecule has 8 nitrogen and oxygen atoms in total. The van der Waals surface area contributed by atoms with E-state index in [0.29, 0.717) is 12.1 Å². The lowest BCUT2D eigenvalue weighted by Gasteiger charge is -2.28. The summed E-state index contributed by atoms with van der Waals surface area (Å²) in [4.78, 5) is 18.0. The second kappa shape index (κ2) is 9.33. The van der Waals surface area contributed by atoms with Crippen LogP contribution in [0.15, 0.2) is 43.0 Å². The van der Waals surface area contributed by atoms with Gasteiger partial charge in [0.05, 0.1) is 24.1 Å². The molecule has 2 atom stereocenters. The number of nitrogens with zero attached hydrogens (tertiary/aromatic N) is 6. The Kier molecular flexibility index (Phi) is 6.01.